The summed E-state index contributed by atoms with van der Waals surface area (Å²) in [6.07, 6.45) is 0. The van der Waals surface area contributed by atoms with Crippen LogP contribution in [0.2, 0.25) is 0 Å². The molecule has 2 aromatic carbocycles. The lowest BCUT2D eigenvalue weighted by atomic mass is 10.1. The Morgan fingerprint density at radius 3 is 2.35 bits per heavy atom. The molecule has 31 heavy (non-hydrogen) atoms. The van der Waals surface area contributed by atoms with Gasteiger partial charge in [0.05, 0.1) is 6.61 Å². The van der Waals surface area contributed by atoms with Gasteiger partial charge in [0.2, 0.25) is 0 Å². The molecule has 0 unspecified atom stereocenters. The standard InChI is InChI=1S/C23H28F3N3O2/c24-20-2-3-21(25)23(26)19(20)16-29-10-12-31-22-4-1-17(13-18(22)15-29)14-28-7-5-27(6-8-28)9-11-30/h1-4,13,30H,5-12,14-16H2. The first-order chi connectivity index (χ1) is 15.0. The predicted molar refractivity (Wildman–Crippen MR) is 111 cm³/mol. The minimum Gasteiger partial charge on any atom is -0.492 e. The topological polar surface area (TPSA) is 39.2 Å². The number of rotatable bonds is 6. The molecule has 0 radical (unpaired) electrons. The number of aliphatic hydroxyl groups is 1. The SMILES string of the molecule is OCCN1CCN(Cc2ccc3c(c2)CN(Cc2c(F)ccc(F)c2F)CCO3)CC1. The van der Waals surface area contributed by atoms with Crippen LogP contribution in [0.4, 0.5) is 13.2 Å². The van der Waals surface area contributed by atoms with Crippen molar-refractivity contribution in [3.8, 4) is 5.75 Å². The van der Waals surface area contributed by atoms with Crippen LogP contribution in [0.1, 0.15) is 16.7 Å². The maximum absolute atomic E-state index is 14.1. The summed E-state index contributed by atoms with van der Waals surface area (Å²) in [4.78, 5) is 6.51. The van der Waals surface area contributed by atoms with Gasteiger partial charge >= 0.3 is 0 Å². The molecule has 2 aliphatic rings. The molecule has 0 aromatic heterocycles. The third-order valence-electron chi connectivity index (χ3n) is 5.99. The highest BCUT2D eigenvalue weighted by Gasteiger charge is 2.22. The van der Waals surface area contributed by atoms with E-state index in [4.69, 9.17) is 9.84 Å². The van der Waals surface area contributed by atoms with Gasteiger partial charge in [-0.2, -0.15) is 0 Å². The molecule has 1 fully saturated rings. The number of piperazine rings is 1. The van der Waals surface area contributed by atoms with Crippen LogP contribution < -0.4 is 4.74 Å². The summed E-state index contributed by atoms with van der Waals surface area (Å²) in [7, 11) is 0. The minimum atomic E-state index is -1.13. The number of halogens is 3. The molecule has 2 heterocycles. The third kappa shape index (κ3) is 5.38. The van der Waals surface area contributed by atoms with Crippen molar-refractivity contribution < 1.29 is 23.0 Å². The summed E-state index contributed by atoms with van der Waals surface area (Å²) < 4.78 is 47.6. The van der Waals surface area contributed by atoms with Gasteiger partial charge in [0.1, 0.15) is 18.2 Å². The van der Waals surface area contributed by atoms with E-state index in [0.29, 0.717) is 26.2 Å². The smallest absolute Gasteiger partial charge is 0.166 e. The number of aliphatic hydroxyl groups excluding tert-OH is 1. The van der Waals surface area contributed by atoms with Crippen LogP contribution >= 0.6 is 0 Å². The number of nitrogens with zero attached hydrogens (tertiary/aromatic N) is 3. The zero-order valence-corrected chi connectivity index (χ0v) is 17.5. The van der Waals surface area contributed by atoms with Gasteiger partial charge in [-0.3, -0.25) is 14.7 Å². The number of fused-ring (bicyclic) bond motifs is 1. The maximum Gasteiger partial charge on any atom is 0.166 e. The van der Waals surface area contributed by atoms with Gasteiger partial charge in [-0.25, -0.2) is 13.2 Å². The second-order valence-corrected chi connectivity index (χ2v) is 8.16. The molecular formula is C23H28F3N3O2. The second-order valence-electron chi connectivity index (χ2n) is 8.16. The van der Waals surface area contributed by atoms with Gasteiger partial charge in [-0.1, -0.05) is 6.07 Å². The molecule has 1 N–H and O–H groups in total. The van der Waals surface area contributed by atoms with Crippen LogP contribution in [-0.4, -0.2) is 72.3 Å². The first kappa shape index (κ1) is 22.1. The summed E-state index contributed by atoms with van der Waals surface area (Å²) in [5.41, 5.74) is 1.87. The quantitative estimate of drug-likeness (QED) is 0.707. The summed E-state index contributed by atoms with van der Waals surface area (Å²) in [6, 6.07) is 7.88. The van der Waals surface area contributed by atoms with Crippen molar-refractivity contribution in [2.24, 2.45) is 0 Å². The van der Waals surface area contributed by atoms with Crippen molar-refractivity contribution in [1.82, 2.24) is 14.7 Å². The molecule has 2 aromatic rings. The number of benzene rings is 2. The summed E-state index contributed by atoms with van der Waals surface area (Å²) in [5, 5.41) is 9.08. The fraction of sp³-hybridized carbons (Fsp3) is 0.478. The first-order valence-electron chi connectivity index (χ1n) is 10.7. The molecule has 168 valence electrons. The fourth-order valence-corrected chi connectivity index (χ4v) is 4.24. The van der Waals surface area contributed by atoms with Crippen LogP contribution in [0.15, 0.2) is 30.3 Å². The molecule has 0 aliphatic carbocycles. The Balaban J connectivity index is 1.43. The summed E-state index contributed by atoms with van der Waals surface area (Å²) in [6.45, 7) is 6.82. The second kappa shape index (κ2) is 9.99. The van der Waals surface area contributed by atoms with E-state index in [2.05, 4.69) is 21.9 Å². The van der Waals surface area contributed by atoms with Crippen molar-refractivity contribution in [3.63, 3.8) is 0 Å². The Morgan fingerprint density at radius 2 is 1.58 bits per heavy atom. The van der Waals surface area contributed by atoms with Crippen molar-refractivity contribution in [1.29, 1.82) is 0 Å². The Kier molecular flexibility index (Phi) is 7.12. The Hall–Kier alpha value is -2.13. The lowest BCUT2D eigenvalue weighted by Crippen LogP contribution is -2.46. The molecule has 0 bridgehead atoms. The van der Waals surface area contributed by atoms with Crippen LogP contribution in [0, 0.1) is 17.5 Å². The van der Waals surface area contributed by atoms with Gasteiger partial charge in [0, 0.05) is 70.0 Å². The number of β-amino-alcohol motifs (C(OH)–C–C–N with tert-alkyl or cyclic N) is 1. The highest BCUT2D eigenvalue weighted by molar-refractivity contribution is 5.38. The molecule has 0 saturated carbocycles. The third-order valence-corrected chi connectivity index (χ3v) is 5.99. The van der Waals surface area contributed by atoms with E-state index in [1.165, 1.54) is 0 Å². The average molecular weight is 435 g/mol. The number of hydrogen-bond donors (Lipinski definition) is 1. The average Bonchev–Trinajstić information content (AvgIpc) is 2.97. The van der Waals surface area contributed by atoms with Crippen LogP contribution in [0.3, 0.4) is 0 Å². The molecule has 5 nitrogen and oxygen atoms in total. The van der Waals surface area contributed by atoms with Gasteiger partial charge in [-0.05, 0) is 29.8 Å². The van der Waals surface area contributed by atoms with Gasteiger partial charge < -0.3 is 9.84 Å². The van der Waals surface area contributed by atoms with Crippen LogP contribution in [0.25, 0.3) is 0 Å². The fourth-order valence-electron chi connectivity index (χ4n) is 4.24. The lowest BCUT2D eigenvalue weighted by Gasteiger charge is -2.34. The molecule has 2 aliphatic heterocycles. The van der Waals surface area contributed by atoms with E-state index in [0.717, 1.165) is 61.7 Å². The van der Waals surface area contributed by atoms with Crippen molar-refractivity contribution in [2.45, 2.75) is 19.6 Å². The highest BCUT2D eigenvalue weighted by Crippen LogP contribution is 2.27. The van der Waals surface area contributed by atoms with Gasteiger partial charge in [-0.15, -0.1) is 0 Å². The first-order valence-corrected chi connectivity index (χ1v) is 10.7. The van der Waals surface area contributed by atoms with Crippen LogP contribution in [0.5, 0.6) is 5.75 Å². The zero-order chi connectivity index (χ0) is 21.8. The van der Waals surface area contributed by atoms with E-state index >= 15 is 0 Å². The highest BCUT2D eigenvalue weighted by atomic mass is 19.2. The molecule has 8 heteroatoms. The molecule has 0 spiro atoms. The minimum absolute atomic E-state index is 0.0186. The molecule has 4 rings (SSSR count). The number of hydrogen-bond acceptors (Lipinski definition) is 5. The largest absolute Gasteiger partial charge is 0.492 e. The number of ether oxygens (including phenoxy) is 1. The van der Waals surface area contributed by atoms with Crippen molar-refractivity contribution in [2.75, 3.05) is 52.5 Å². The van der Waals surface area contributed by atoms with Crippen LogP contribution in [-0.2, 0) is 19.6 Å². The Bertz CT molecular complexity index is 904. The van der Waals surface area contributed by atoms with E-state index in [9.17, 15) is 13.2 Å². The molecule has 0 amide bonds. The predicted octanol–water partition coefficient (Wildman–Crippen LogP) is 2.61. The van der Waals surface area contributed by atoms with Gasteiger partial charge in [0.25, 0.3) is 0 Å². The molecule has 0 atom stereocenters. The lowest BCUT2D eigenvalue weighted by molar-refractivity contribution is 0.108. The maximum atomic E-state index is 14.1. The summed E-state index contributed by atoms with van der Waals surface area (Å²) >= 11 is 0. The zero-order valence-electron chi connectivity index (χ0n) is 17.5. The molecular weight excluding hydrogens is 407 g/mol. The molecule has 1 saturated heterocycles. The Labute approximate surface area is 180 Å². The van der Waals surface area contributed by atoms with E-state index in [1.54, 1.807) is 0 Å². The Morgan fingerprint density at radius 1 is 0.839 bits per heavy atom. The van der Waals surface area contributed by atoms with E-state index < -0.39 is 17.5 Å². The monoisotopic (exact) mass is 435 g/mol. The normalized spacial score (nSPS) is 18.5. The van der Waals surface area contributed by atoms with Crippen molar-refractivity contribution >= 4 is 0 Å². The van der Waals surface area contributed by atoms with Crippen molar-refractivity contribution in [3.05, 3.63) is 64.5 Å². The summed E-state index contributed by atoms with van der Waals surface area (Å²) in [5.74, 6) is -2.12. The van der Waals surface area contributed by atoms with E-state index in [1.807, 2.05) is 11.0 Å². The van der Waals surface area contributed by atoms with E-state index in [-0.39, 0.29) is 18.7 Å². The van der Waals surface area contributed by atoms with Gasteiger partial charge in [0.15, 0.2) is 11.6 Å².